The van der Waals surface area contributed by atoms with Gasteiger partial charge in [-0.25, -0.2) is 0 Å². The summed E-state index contributed by atoms with van der Waals surface area (Å²) in [5.74, 6) is 0. The Morgan fingerprint density at radius 2 is 1.00 bits per heavy atom. The van der Waals surface area contributed by atoms with Crippen molar-refractivity contribution in [3.05, 3.63) is 0 Å². The zero-order valence-corrected chi connectivity index (χ0v) is 13.2. The van der Waals surface area contributed by atoms with Crippen LogP contribution >= 0.6 is 0 Å². The Labute approximate surface area is 133 Å². The Balaban J connectivity index is 1.71. The van der Waals surface area contributed by atoms with Crippen LogP contribution in [0.25, 0.3) is 0 Å². The first-order chi connectivity index (χ1) is 10.8. The Morgan fingerprint density at radius 1 is 0.636 bits per heavy atom. The molecule has 4 unspecified atom stereocenters. The Hall–Kier alpha value is -1.18. The average molecular weight is 302 g/mol. The van der Waals surface area contributed by atoms with E-state index in [9.17, 15) is 10.5 Å². The molecule has 22 heavy (non-hydrogen) atoms. The first-order valence-corrected chi connectivity index (χ1v) is 8.63. The van der Waals surface area contributed by atoms with Crippen LogP contribution in [-0.2, 0) is 0 Å². The topological polar surface area (TPSA) is 78.1 Å². The molecule has 0 spiro atoms. The molecule has 6 heteroatoms. The average Bonchev–Trinajstić information content (AvgIpc) is 2.62. The van der Waals surface area contributed by atoms with Crippen LogP contribution in [0.2, 0.25) is 0 Å². The second kappa shape index (κ2) is 7.39. The molecule has 3 aliphatic rings. The number of nitrogens with one attached hydrogen (secondary N) is 2. The van der Waals surface area contributed by atoms with Gasteiger partial charge in [-0.1, -0.05) is 12.8 Å². The van der Waals surface area contributed by atoms with Gasteiger partial charge in [0.1, 0.15) is 12.1 Å². The van der Waals surface area contributed by atoms with E-state index in [0.29, 0.717) is 0 Å². The van der Waals surface area contributed by atoms with Gasteiger partial charge < -0.3 is 0 Å². The van der Waals surface area contributed by atoms with E-state index in [0.717, 1.165) is 26.2 Å². The summed E-state index contributed by atoms with van der Waals surface area (Å²) < 4.78 is 0. The van der Waals surface area contributed by atoms with Gasteiger partial charge in [-0.2, -0.15) is 10.5 Å². The lowest BCUT2D eigenvalue weighted by atomic mass is 10.0. The van der Waals surface area contributed by atoms with E-state index >= 15 is 0 Å². The number of piperidine rings is 2. The molecule has 3 aliphatic heterocycles. The number of piperazine rings is 1. The summed E-state index contributed by atoms with van der Waals surface area (Å²) in [5, 5.41) is 26.1. The van der Waals surface area contributed by atoms with Crippen molar-refractivity contribution in [1.82, 2.24) is 20.4 Å². The highest BCUT2D eigenvalue weighted by atomic mass is 15.4. The summed E-state index contributed by atoms with van der Waals surface area (Å²) in [5.41, 5.74) is 0. The summed E-state index contributed by atoms with van der Waals surface area (Å²) in [4.78, 5) is 4.67. The van der Waals surface area contributed by atoms with Gasteiger partial charge in [0.15, 0.2) is 0 Å². The highest BCUT2D eigenvalue weighted by molar-refractivity contribution is 5.12. The maximum Gasteiger partial charge on any atom is 0.126 e. The van der Waals surface area contributed by atoms with Gasteiger partial charge >= 0.3 is 0 Å². The van der Waals surface area contributed by atoms with Crippen LogP contribution in [0.1, 0.15) is 38.5 Å². The van der Waals surface area contributed by atoms with Crippen LogP contribution in [-0.4, -0.2) is 60.4 Å². The maximum atomic E-state index is 9.59. The first kappa shape index (κ1) is 15.7. The molecule has 2 N–H and O–H groups in total. The van der Waals surface area contributed by atoms with Gasteiger partial charge in [0, 0.05) is 0 Å². The monoisotopic (exact) mass is 302 g/mol. The second-order valence-corrected chi connectivity index (χ2v) is 6.63. The maximum absolute atomic E-state index is 9.59. The second-order valence-electron chi connectivity index (χ2n) is 6.63. The highest BCUT2D eigenvalue weighted by Gasteiger charge is 2.41. The molecule has 0 aliphatic carbocycles. The van der Waals surface area contributed by atoms with Gasteiger partial charge in [-0.3, -0.25) is 20.4 Å². The van der Waals surface area contributed by atoms with Crippen molar-refractivity contribution in [1.29, 1.82) is 10.5 Å². The van der Waals surface area contributed by atoms with Crippen LogP contribution in [0.5, 0.6) is 0 Å². The van der Waals surface area contributed by atoms with Crippen molar-refractivity contribution in [2.75, 3.05) is 26.2 Å². The molecule has 0 saturated carbocycles. The van der Waals surface area contributed by atoms with Gasteiger partial charge in [0.25, 0.3) is 0 Å². The van der Waals surface area contributed by atoms with E-state index < -0.39 is 0 Å². The number of nitrogens with zero attached hydrogens (tertiary/aromatic N) is 4. The van der Waals surface area contributed by atoms with E-state index in [1.165, 1.54) is 38.5 Å². The molecule has 0 aromatic rings. The lowest BCUT2D eigenvalue weighted by Gasteiger charge is -2.48. The normalized spacial score (nSPS) is 38.1. The largest absolute Gasteiger partial charge is 0.286 e. The number of likely N-dealkylation sites (tertiary alicyclic amines) is 2. The summed E-state index contributed by atoms with van der Waals surface area (Å²) in [6.45, 7) is 4.07. The molecule has 120 valence electrons. The van der Waals surface area contributed by atoms with Crippen LogP contribution < -0.4 is 10.6 Å². The lowest BCUT2D eigenvalue weighted by Crippen LogP contribution is -2.73. The minimum atomic E-state index is -0.255. The van der Waals surface area contributed by atoms with Gasteiger partial charge in [0.05, 0.1) is 24.5 Å². The number of rotatable bonds is 2. The Kier molecular flexibility index (Phi) is 5.28. The number of nitriles is 2. The smallest absolute Gasteiger partial charge is 0.126 e. The fourth-order valence-corrected chi connectivity index (χ4v) is 3.98. The van der Waals surface area contributed by atoms with E-state index in [1.54, 1.807) is 0 Å². The molecule has 6 nitrogen and oxygen atoms in total. The molecular weight excluding hydrogens is 276 g/mol. The third kappa shape index (κ3) is 3.26. The van der Waals surface area contributed by atoms with Gasteiger partial charge in [0.2, 0.25) is 0 Å². The van der Waals surface area contributed by atoms with Crippen molar-refractivity contribution in [3.63, 3.8) is 0 Å². The predicted octanol–water partition coefficient (Wildman–Crippen LogP) is 0.588. The molecule has 0 aromatic carbocycles. The van der Waals surface area contributed by atoms with E-state index in [1.807, 2.05) is 0 Å². The van der Waals surface area contributed by atoms with Crippen molar-refractivity contribution >= 4 is 0 Å². The van der Waals surface area contributed by atoms with E-state index in [2.05, 4.69) is 32.6 Å². The zero-order valence-electron chi connectivity index (χ0n) is 13.2. The fourth-order valence-electron chi connectivity index (χ4n) is 3.98. The fraction of sp³-hybridized carbons (Fsp3) is 0.875. The SMILES string of the molecule is N#CC1NC(N2CCCCC2)C(C#N)NC1N1CCCCC1. The molecule has 3 fully saturated rings. The minimum Gasteiger partial charge on any atom is -0.286 e. The molecule has 3 saturated heterocycles. The third-order valence-corrected chi connectivity index (χ3v) is 5.18. The summed E-state index contributed by atoms with van der Waals surface area (Å²) in [7, 11) is 0. The summed E-state index contributed by atoms with van der Waals surface area (Å²) >= 11 is 0. The molecule has 0 amide bonds. The molecular formula is C16H26N6. The number of hydrogen-bond acceptors (Lipinski definition) is 6. The Morgan fingerprint density at radius 3 is 1.32 bits per heavy atom. The van der Waals surface area contributed by atoms with Crippen LogP contribution in [0.4, 0.5) is 0 Å². The molecule has 0 aromatic heterocycles. The van der Waals surface area contributed by atoms with Crippen molar-refractivity contribution in [2.45, 2.75) is 62.9 Å². The van der Waals surface area contributed by atoms with Crippen LogP contribution in [0, 0.1) is 22.7 Å². The molecule has 4 atom stereocenters. The third-order valence-electron chi connectivity index (χ3n) is 5.18. The van der Waals surface area contributed by atoms with Crippen molar-refractivity contribution in [2.24, 2.45) is 0 Å². The summed E-state index contributed by atoms with van der Waals surface area (Å²) in [6.07, 6.45) is 7.18. The first-order valence-electron chi connectivity index (χ1n) is 8.63. The van der Waals surface area contributed by atoms with Crippen LogP contribution in [0.3, 0.4) is 0 Å². The highest BCUT2D eigenvalue weighted by Crippen LogP contribution is 2.20. The van der Waals surface area contributed by atoms with Crippen LogP contribution in [0.15, 0.2) is 0 Å². The van der Waals surface area contributed by atoms with Gasteiger partial charge in [-0.15, -0.1) is 0 Å². The van der Waals surface area contributed by atoms with Gasteiger partial charge in [-0.05, 0) is 51.9 Å². The van der Waals surface area contributed by atoms with Crippen molar-refractivity contribution in [3.8, 4) is 12.1 Å². The quantitative estimate of drug-likeness (QED) is 0.777. The summed E-state index contributed by atoms with van der Waals surface area (Å²) in [6, 6.07) is 4.32. The standard InChI is InChI=1S/C16H26N6/c17-11-13-15(21-7-3-1-4-8-21)19-14(12-18)16(20-13)22-9-5-2-6-10-22/h13-16,19-20H,1-10H2. The molecule has 0 bridgehead atoms. The molecule has 0 radical (unpaired) electrons. The zero-order chi connectivity index (χ0) is 15.4. The minimum absolute atomic E-state index is 0.0454. The molecule has 3 heterocycles. The molecule has 3 rings (SSSR count). The predicted molar refractivity (Wildman–Crippen MR) is 83.5 cm³/mol. The van der Waals surface area contributed by atoms with E-state index in [4.69, 9.17) is 0 Å². The van der Waals surface area contributed by atoms with Crippen molar-refractivity contribution < 1.29 is 0 Å². The number of hydrogen-bond donors (Lipinski definition) is 2. The lowest BCUT2D eigenvalue weighted by molar-refractivity contribution is 0.0277. The Bertz CT molecular complexity index is 399. The van der Waals surface area contributed by atoms with E-state index in [-0.39, 0.29) is 24.4 Å².